The lowest BCUT2D eigenvalue weighted by molar-refractivity contribution is 0.0531. The average Bonchev–Trinajstić information content (AvgIpc) is 3.09. The maximum absolute atomic E-state index is 2.70. The second kappa shape index (κ2) is 20.5. The Labute approximate surface area is 355 Å². The van der Waals surface area contributed by atoms with Gasteiger partial charge in [-0.2, -0.15) is 0 Å². The van der Waals surface area contributed by atoms with Gasteiger partial charge in [-0.1, -0.05) is 153 Å². The maximum Gasteiger partial charge on any atom is -0.0104 e. The standard InChI is InChI=1S/C57H90/c1-39(2)19-14-20-40(3)21-15-22-41(4)25-17-35-57(13)36-33-51-47(10)54(45(8)46(9)55(51)49-37-50(57)38-49)52-31-30-48(52)29-27-42(5)23-16-24-43(6)28-32-53-44(7)26-18-34-56(53,11)12/h16,23-24,27-28,32,39-41,48-50,52H,14-15,17-22,25-26,29-31,33-38H2,1-13H3/b23-16+,32-28+,42-27+,43-24+. The van der Waals surface area contributed by atoms with Crippen molar-refractivity contribution in [3.63, 3.8) is 0 Å². The zero-order chi connectivity index (χ0) is 41.5. The fourth-order valence-corrected chi connectivity index (χ4v) is 12.2. The van der Waals surface area contributed by atoms with Crippen molar-refractivity contribution in [3.05, 3.63) is 92.1 Å². The average molecular weight is 775 g/mol. The van der Waals surface area contributed by atoms with E-state index in [9.17, 15) is 0 Å². The van der Waals surface area contributed by atoms with E-state index in [1.165, 1.54) is 133 Å². The molecule has 0 heteroatoms. The van der Waals surface area contributed by atoms with Crippen LogP contribution in [-0.2, 0) is 6.42 Å². The summed E-state index contributed by atoms with van der Waals surface area (Å²) in [5.41, 5.74) is 17.0. The van der Waals surface area contributed by atoms with Crippen LogP contribution in [0.4, 0.5) is 0 Å². The molecule has 5 unspecified atom stereocenters. The van der Waals surface area contributed by atoms with Crippen LogP contribution in [0, 0.1) is 61.2 Å². The summed E-state index contributed by atoms with van der Waals surface area (Å²) in [5, 5.41) is 0. The van der Waals surface area contributed by atoms with Crippen LogP contribution in [0.15, 0.2) is 58.7 Å². The van der Waals surface area contributed by atoms with Crippen molar-refractivity contribution in [2.24, 2.45) is 40.4 Å². The highest BCUT2D eigenvalue weighted by Crippen LogP contribution is 2.59. The van der Waals surface area contributed by atoms with Crippen molar-refractivity contribution in [1.82, 2.24) is 0 Å². The van der Waals surface area contributed by atoms with Crippen LogP contribution in [-0.4, -0.2) is 0 Å². The lowest BCUT2D eigenvalue weighted by Crippen LogP contribution is -2.40. The molecule has 2 fully saturated rings. The van der Waals surface area contributed by atoms with E-state index in [1.54, 1.807) is 44.5 Å². The van der Waals surface area contributed by atoms with Crippen molar-refractivity contribution >= 4 is 0 Å². The molecule has 57 heavy (non-hydrogen) atoms. The largest absolute Gasteiger partial charge is 0.0813 e. The summed E-state index contributed by atoms with van der Waals surface area (Å²) in [7, 11) is 0. The molecule has 0 nitrogen and oxygen atoms in total. The molecule has 0 aromatic heterocycles. The predicted octanol–water partition coefficient (Wildman–Crippen LogP) is 17.9. The molecule has 0 saturated heterocycles. The Morgan fingerprint density at radius 3 is 2.00 bits per heavy atom. The van der Waals surface area contributed by atoms with E-state index in [4.69, 9.17) is 0 Å². The number of allylic oxidation sites excluding steroid dienone is 10. The molecule has 0 radical (unpaired) electrons. The van der Waals surface area contributed by atoms with Gasteiger partial charge in [0.1, 0.15) is 0 Å². The van der Waals surface area contributed by atoms with Crippen molar-refractivity contribution in [2.45, 2.75) is 224 Å². The molecule has 5 atom stereocenters. The summed E-state index contributed by atoms with van der Waals surface area (Å²) in [4.78, 5) is 0. The lowest BCUT2D eigenvalue weighted by atomic mass is 9.53. The van der Waals surface area contributed by atoms with E-state index in [1.807, 2.05) is 0 Å². The van der Waals surface area contributed by atoms with E-state index < -0.39 is 0 Å². The lowest BCUT2D eigenvalue weighted by Gasteiger charge is -2.52. The summed E-state index contributed by atoms with van der Waals surface area (Å²) >= 11 is 0. The van der Waals surface area contributed by atoms with Crippen LogP contribution >= 0.6 is 0 Å². The summed E-state index contributed by atoms with van der Waals surface area (Å²) in [6.07, 6.45) is 40.4. The van der Waals surface area contributed by atoms with Gasteiger partial charge in [0.05, 0.1) is 0 Å². The Kier molecular flexibility index (Phi) is 16.5. The first-order valence-corrected chi connectivity index (χ1v) is 24.5. The Morgan fingerprint density at radius 1 is 0.719 bits per heavy atom. The Morgan fingerprint density at radius 2 is 1.37 bits per heavy atom. The molecule has 6 rings (SSSR count). The van der Waals surface area contributed by atoms with Crippen LogP contribution in [0.2, 0.25) is 0 Å². The molecule has 2 saturated carbocycles. The van der Waals surface area contributed by atoms with E-state index in [2.05, 4.69) is 126 Å². The SMILES string of the molecule is CC1=C(/C=C/C(C)=C/C=C/C(C)=C/CC2CCC2c2c(C)c(C)c3c(c2C)CCC(C)(CCCC(C)CCCC(C)CCCC(C)C)C2CC3C2)C(C)(C)CCC1. The quantitative estimate of drug-likeness (QED) is 0.123. The van der Waals surface area contributed by atoms with E-state index in [0.717, 1.165) is 41.4 Å². The van der Waals surface area contributed by atoms with Gasteiger partial charge in [0.15, 0.2) is 0 Å². The highest BCUT2D eigenvalue weighted by Gasteiger charge is 2.46. The minimum Gasteiger partial charge on any atom is -0.0813 e. The minimum absolute atomic E-state index is 0.298. The molecular formula is C57H90. The van der Waals surface area contributed by atoms with Crippen LogP contribution in [0.3, 0.4) is 0 Å². The van der Waals surface area contributed by atoms with Gasteiger partial charge in [-0.3, -0.25) is 0 Å². The van der Waals surface area contributed by atoms with Gasteiger partial charge in [0.25, 0.3) is 0 Å². The molecule has 2 bridgehead atoms. The first-order chi connectivity index (χ1) is 27.0. The van der Waals surface area contributed by atoms with Gasteiger partial charge in [-0.25, -0.2) is 0 Å². The predicted molar refractivity (Wildman–Crippen MR) is 253 cm³/mol. The van der Waals surface area contributed by atoms with Crippen LogP contribution < -0.4 is 0 Å². The Hall–Kier alpha value is -2.08. The van der Waals surface area contributed by atoms with Crippen LogP contribution in [0.5, 0.6) is 0 Å². The molecule has 1 aromatic rings. The van der Waals surface area contributed by atoms with Gasteiger partial charge in [0.2, 0.25) is 0 Å². The number of hydrogen-bond donors (Lipinski definition) is 0. The van der Waals surface area contributed by atoms with Gasteiger partial charge < -0.3 is 0 Å². The van der Waals surface area contributed by atoms with Gasteiger partial charge in [0, 0.05) is 0 Å². The van der Waals surface area contributed by atoms with Crippen molar-refractivity contribution in [3.8, 4) is 0 Å². The smallest absolute Gasteiger partial charge is 0.0104 e. The van der Waals surface area contributed by atoms with Gasteiger partial charge in [-0.15, -0.1) is 0 Å². The highest BCUT2D eigenvalue weighted by molar-refractivity contribution is 5.55. The topological polar surface area (TPSA) is 0 Å². The van der Waals surface area contributed by atoms with Crippen molar-refractivity contribution in [2.75, 3.05) is 0 Å². The highest BCUT2D eigenvalue weighted by atomic mass is 14.5. The first-order valence-electron chi connectivity index (χ1n) is 24.5. The third-order valence-corrected chi connectivity index (χ3v) is 16.7. The summed E-state index contributed by atoms with van der Waals surface area (Å²) in [5.74, 6) is 5.90. The fourth-order valence-electron chi connectivity index (χ4n) is 12.2. The van der Waals surface area contributed by atoms with E-state index in [0.29, 0.717) is 10.8 Å². The summed E-state index contributed by atoms with van der Waals surface area (Å²) in [6, 6.07) is 0. The molecule has 5 aliphatic rings. The van der Waals surface area contributed by atoms with Crippen LogP contribution in [0.25, 0.3) is 0 Å². The molecule has 5 aliphatic carbocycles. The molecular weight excluding hydrogens is 685 g/mol. The number of fused-ring (bicyclic) bond motifs is 2. The van der Waals surface area contributed by atoms with Crippen LogP contribution in [0.1, 0.15) is 230 Å². The molecule has 0 heterocycles. The third kappa shape index (κ3) is 11.8. The Balaban J connectivity index is 1.16. The Bertz CT molecular complexity index is 1640. The summed E-state index contributed by atoms with van der Waals surface area (Å²) in [6.45, 7) is 31.7. The first kappa shape index (κ1) is 46.0. The summed E-state index contributed by atoms with van der Waals surface area (Å²) < 4.78 is 0. The molecule has 0 spiro atoms. The maximum atomic E-state index is 2.70. The van der Waals surface area contributed by atoms with E-state index >= 15 is 0 Å². The van der Waals surface area contributed by atoms with Crippen molar-refractivity contribution in [1.29, 1.82) is 0 Å². The fraction of sp³-hybridized carbons (Fsp3) is 0.719. The molecule has 0 aliphatic heterocycles. The minimum atomic E-state index is 0.298. The normalized spacial score (nSPS) is 27.7. The molecule has 0 amide bonds. The van der Waals surface area contributed by atoms with Crippen molar-refractivity contribution < 1.29 is 0 Å². The molecule has 318 valence electrons. The van der Waals surface area contributed by atoms with Gasteiger partial charge >= 0.3 is 0 Å². The number of hydrogen-bond acceptors (Lipinski definition) is 0. The second-order valence-electron chi connectivity index (χ2n) is 22.2. The monoisotopic (exact) mass is 775 g/mol. The van der Waals surface area contributed by atoms with Gasteiger partial charge in [-0.05, 0) is 203 Å². The number of rotatable bonds is 19. The van der Waals surface area contributed by atoms with E-state index in [-0.39, 0.29) is 0 Å². The second-order valence-corrected chi connectivity index (χ2v) is 22.2. The molecule has 0 N–H and O–H groups in total. The third-order valence-electron chi connectivity index (χ3n) is 16.7. The molecule has 1 aromatic carbocycles. The zero-order valence-corrected chi connectivity index (χ0v) is 39.9. The zero-order valence-electron chi connectivity index (χ0n) is 39.9. The number of benzene rings is 1.